The van der Waals surface area contributed by atoms with Crippen LogP contribution in [0, 0.1) is 0 Å². The Morgan fingerprint density at radius 3 is 2.65 bits per heavy atom. The molecule has 0 aliphatic carbocycles. The quantitative estimate of drug-likeness (QED) is 0.445. The molecule has 8 heteroatoms. The lowest BCUT2D eigenvalue weighted by Gasteiger charge is -2.20. The van der Waals surface area contributed by atoms with E-state index in [1.165, 1.54) is 30.4 Å². The fraction of sp³-hybridized carbons (Fsp3) is 0.130. The monoisotopic (exact) mass is 419 g/mol. The number of benzene rings is 1. The summed E-state index contributed by atoms with van der Waals surface area (Å²) in [6, 6.07) is 15.4. The van der Waals surface area contributed by atoms with Crippen molar-refractivity contribution in [3.63, 3.8) is 0 Å². The zero-order valence-electron chi connectivity index (χ0n) is 16.9. The number of carbonyl (C=O) groups is 3. The first-order valence-electron chi connectivity index (χ1n) is 9.46. The number of aromatic nitrogens is 1. The molecule has 1 aromatic carbocycles. The molecule has 0 unspecified atom stereocenters. The van der Waals surface area contributed by atoms with Gasteiger partial charge in [0.2, 0.25) is 0 Å². The number of para-hydroxylation sites is 1. The lowest BCUT2D eigenvalue weighted by molar-refractivity contribution is -0.142. The number of ether oxygens (including phenoxy) is 1. The number of amides is 2. The molecular formula is C23H21N3O5. The molecule has 0 saturated heterocycles. The maximum absolute atomic E-state index is 12.6. The van der Waals surface area contributed by atoms with Gasteiger partial charge in [0.1, 0.15) is 5.76 Å². The molecule has 8 nitrogen and oxygen atoms in total. The van der Waals surface area contributed by atoms with Crippen LogP contribution < -0.4 is 10.2 Å². The van der Waals surface area contributed by atoms with E-state index in [0.29, 0.717) is 22.7 Å². The minimum atomic E-state index is -0.670. The number of nitrogens with zero attached hydrogens (tertiary/aromatic N) is 2. The van der Waals surface area contributed by atoms with Gasteiger partial charge in [0.05, 0.1) is 29.8 Å². The van der Waals surface area contributed by atoms with Crippen LogP contribution in [0.15, 0.2) is 77.6 Å². The number of esters is 1. The van der Waals surface area contributed by atoms with Crippen LogP contribution in [0.1, 0.15) is 21.8 Å². The van der Waals surface area contributed by atoms with Crippen LogP contribution in [0.4, 0.5) is 5.69 Å². The second-order valence-electron chi connectivity index (χ2n) is 6.43. The molecule has 0 saturated carbocycles. The Morgan fingerprint density at radius 1 is 1.10 bits per heavy atom. The summed E-state index contributed by atoms with van der Waals surface area (Å²) in [6.07, 6.45) is 5.82. The molecule has 2 aromatic heterocycles. The van der Waals surface area contributed by atoms with E-state index in [0.717, 1.165) is 0 Å². The third kappa shape index (κ3) is 6.14. The van der Waals surface area contributed by atoms with Crippen LogP contribution in [0.25, 0.3) is 6.08 Å². The number of pyridine rings is 1. The number of nitrogens with one attached hydrogen (secondary N) is 1. The molecule has 0 bridgehead atoms. The van der Waals surface area contributed by atoms with Gasteiger partial charge in [-0.25, -0.2) is 4.79 Å². The van der Waals surface area contributed by atoms with Crippen molar-refractivity contribution >= 4 is 29.5 Å². The average molecular weight is 419 g/mol. The summed E-state index contributed by atoms with van der Waals surface area (Å²) in [7, 11) is 1.51. The molecule has 2 amide bonds. The average Bonchev–Trinajstić information content (AvgIpc) is 3.33. The van der Waals surface area contributed by atoms with Gasteiger partial charge in [-0.3, -0.25) is 14.6 Å². The van der Waals surface area contributed by atoms with E-state index < -0.39 is 18.5 Å². The SMILES string of the molecule is CN(C(=O)COC(=O)C=Cc1ccccn1)c1ccccc1C(=O)NCc1ccco1. The molecule has 0 aliphatic heterocycles. The summed E-state index contributed by atoms with van der Waals surface area (Å²) >= 11 is 0. The highest BCUT2D eigenvalue weighted by molar-refractivity contribution is 6.05. The van der Waals surface area contributed by atoms with Gasteiger partial charge in [-0.05, 0) is 42.5 Å². The second kappa shape index (κ2) is 10.5. The first-order valence-corrected chi connectivity index (χ1v) is 9.46. The molecule has 0 atom stereocenters. The van der Waals surface area contributed by atoms with Crippen molar-refractivity contribution < 1.29 is 23.5 Å². The van der Waals surface area contributed by atoms with Crippen LogP contribution in [0.5, 0.6) is 0 Å². The summed E-state index contributed by atoms with van der Waals surface area (Å²) in [5.74, 6) is -0.898. The van der Waals surface area contributed by atoms with Crippen LogP contribution in [0.2, 0.25) is 0 Å². The van der Waals surface area contributed by atoms with Crippen molar-refractivity contribution in [3.05, 3.63) is 90.2 Å². The fourth-order valence-electron chi connectivity index (χ4n) is 2.67. The first-order chi connectivity index (χ1) is 15.0. The maximum Gasteiger partial charge on any atom is 0.331 e. The standard InChI is InChI=1S/C23H21N3O5/c1-26(21(27)16-31-22(28)12-11-17-7-4-5-13-24-17)20-10-3-2-9-19(20)23(29)25-15-18-8-6-14-30-18/h2-14H,15-16H2,1H3,(H,25,29). The molecular weight excluding hydrogens is 398 g/mol. The third-order valence-electron chi connectivity index (χ3n) is 4.30. The van der Waals surface area contributed by atoms with Gasteiger partial charge >= 0.3 is 5.97 Å². The van der Waals surface area contributed by atoms with E-state index >= 15 is 0 Å². The minimum Gasteiger partial charge on any atom is -0.467 e. The van der Waals surface area contributed by atoms with Gasteiger partial charge < -0.3 is 19.4 Å². The molecule has 1 N–H and O–H groups in total. The van der Waals surface area contributed by atoms with Gasteiger partial charge in [0.15, 0.2) is 6.61 Å². The zero-order valence-corrected chi connectivity index (χ0v) is 16.9. The molecule has 2 heterocycles. The normalized spacial score (nSPS) is 10.6. The van der Waals surface area contributed by atoms with Gasteiger partial charge in [-0.1, -0.05) is 18.2 Å². The Hall–Kier alpha value is -4.20. The molecule has 0 fully saturated rings. The molecule has 0 aliphatic rings. The fourth-order valence-corrected chi connectivity index (χ4v) is 2.67. The van der Waals surface area contributed by atoms with E-state index in [1.807, 2.05) is 0 Å². The number of rotatable bonds is 8. The maximum atomic E-state index is 12.6. The van der Waals surface area contributed by atoms with Crippen molar-refractivity contribution in [3.8, 4) is 0 Å². The number of carbonyl (C=O) groups excluding carboxylic acids is 3. The largest absolute Gasteiger partial charge is 0.467 e. The third-order valence-corrected chi connectivity index (χ3v) is 4.30. The highest BCUT2D eigenvalue weighted by Crippen LogP contribution is 2.19. The van der Waals surface area contributed by atoms with E-state index in [1.54, 1.807) is 60.8 Å². The topological polar surface area (TPSA) is 102 Å². The number of hydrogen-bond donors (Lipinski definition) is 1. The highest BCUT2D eigenvalue weighted by Gasteiger charge is 2.19. The minimum absolute atomic E-state index is 0.220. The van der Waals surface area contributed by atoms with Gasteiger partial charge in [0, 0.05) is 19.3 Å². The molecule has 3 rings (SSSR count). The molecule has 3 aromatic rings. The number of anilines is 1. The Morgan fingerprint density at radius 2 is 1.90 bits per heavy atom. The van der Waals surface area contributed by atoms with Gasteiger partial charge in [0.25, 0.3) is 11.8 Å². The lowest BCUT2D eigenvalue weighted by Crippen LogP contribution is -2.33. The zero-order chi connectivity index (χ0) is 22.1. The molecule has 0 radical (unpaired) electrons. The van der Waals surface area contributed by atoms with E-state index in [2.05, 4.69) is 10.3 Å². The predicted octanol–water partition coefficient (Wildman–Crippen LogP) is 2.82. The number of likely N-dealkylation sites (N-methyl/N-ethyl adjacent to an activating group) is 1. The summed E-state index contributed by atoms with van der Waals surface area (Å²) in [5.41, 5.74) is 1.30. The second-order valence-corrected chi connectivity index (χ2v) is 6.43. The summed E-state index contributed by atoms with van der Waals surface area (Å²) in [4.78, 5) is 42.3. The van der Waals surface area contributed by atoms with Crippen molar-refractivity contribution in [2.24, 2.45) is 0 Å². The Labute approximate surface area is 179 Å². The van der Waals surface area contributed by atoms with Crippen LogP contribution in [-0.2, 0) is 20.9 Å². The van der Waals surface area contributed by atoms with E-state index in [-0.39, 0.29) is 12.5 Å². The summed E-state index contributed by atoms with van der Waals surface area (Å²) in [6.45, 7) is -0.248. The van der Waals surface area contributed by atoms with Crippen molar-refractivity contribution in [2.75, 3.05) is 18.6 Å². The summed E-state index contributed by atoms with van der Waals surface area (Å²) < 4.78 is 10.2. The van der Waals surface area contributed by atoms with Crippen molar-refractivity contribution in [2.45, 2.75) is 6.54 Å². The van der Waals surface area contributed by atoms with E-state index in [9.17, 15) is 14.4 Å². The van der Waals surface area contributed by atoms with Crippen molar-refractivity contribution in [1.29, 1.82) is 0 Å². The summed E-state index contributed by atoms with van der Waals surface area (Å²) in [5, 5.41) is 2.75. The number of hydrogen-bond acceptors (Lipinski definition) is 6. The molecule has 0 spiro atoms. The van der Waals surface area contributed by atoms with E-state index in [4.69, 9.17) is 9.15 Å². The van der Waals surface area contributed by atoms with Crippen molar-refractivity contribution in [1.82, 2.24) is 10.3 Å². The molecule has 158 valence electrons. The Bertz CT molecular complexity index is 1060. The first kappa shape index (κ1) is 21.5. The van der Waals surface area contributed by atoms with Gasteiger partial charge in [-0.15, -0.1) is 0 Å². The van der Waals surface area contributed by atoms with Crippen LogP contribution >= 0.6 is 0 Å². The molecule has 31 heavy (non-hydrogen) atoms. The smallest absolute Gasteiger partial charge is 0.331 e. The Kier molecular flexibility index (Phi) is 7.31. The predicted molar refractivity (Wildman–Crippen MR) is 114 cm³/mol. The van der Waals surface area contributed by atoms with Crippen LogP contribution in [0.3, 0.4) is 0 Å². The van der Waals surface area contributed by atoms with Gasteiger partial charge in [-0.2, -0.15) is 0 Å². The Balaban J connectivity index is 1.58. The highest BCUT2D eigenvalue weighted by atomic mass is 16.5. The van der Waals surface area contributed by atoms with Crippen LogP contribution in [-0.4, -0.2) is 36.4 Å². The number of furan rings is 1. The lowest BCUT2D eigenvalue weighted by atomic mass is 10.1.